The molecule has 0 saturated carbocycles. The van der Waals surface area contributed by atoms with Crippen LogP contribution in [0, 0.1) is 5.82 Å². The zero-order chi connectivity index (χ0) is 18.2. The molecule has 130 valence electrons. The SMILES string of the molecule is O=C(/C=C/c1ccc(Cl)c(Cl)c1)NNC(=O)COc1ccc(F)cc1. The normalized spacial score (nSPS) is 10.5. The summed E-state index contributed by atoms with van der Waals surface area (Å²) in [4.78, 5) is 23.2. The lowest BCUT2D eigenvalue weighted by molar-refractivity contribution is -0.128. The Hall–Kier alpha value is -2.57. The summed E-state index contributed by atoms with van der Waals surface area (Å²) in [7, 11) is 0. The zero-order valence-corrected chi connectivity index (χ0v) is 14.3. The van der Waals surface area contributed by atoms with Gasteiger partial charge in [-0.15, -0.1) is 0 Å². The first-order valence-electron chi connectivity index (χ1n) is 7.04. The average Bonchev–Trinajstić information content (AvgIpc) is 2.60. The van der Waals surface area contributed by atoms with E-state index >= 15 is 0 Å². The number of ether oxygens (including phenoxy) is 1. The third-order valence-electron chi connectivity index (χ3n) is 2.88. The van der Waals surface area contributed by atoms with E-state index in [9.17, 15) is 14.0 Å². The van der Waals surface area contributed by atoms with Crippen molar-refractivity contribution in [1.29, 1.82) is 0 Å². The predicted molar refractivity (Wildman–Crippen MR) is 93.7 cm³/mol. The van der Waals surface area contributed by atoms with Crippen molar-refractivity contribution in [3.63, 3.8) is 0 Å². The number of hydrogen-bond acceptors (Lipinski definition) is 3. The minimum atomic E-state index is -0.569. The van der Waals surface area contributed by atoms with E-state index in [0.29, 0.717) is 21.4 Å². The number of halogens is 3. The van der Waals surface area contributed by atoms with Gasteiger partial charge in [-0.1, -0.05) is 29.3 Å². The number of hydrazine groups is 1. The Labute approximate surface area is 153 Å². The van der Waals surface area contributed by atoms with Crippen LogP contribution in [0.2, 0.25) is 10.0 Å². The van der Waals surface area contributed by atoms with Crippen LogP contribution in [0.15, 0.2) is 48.5 Å². The van der Waals surface area contributed by atoms with Crippen LogP contribution in [-0.2, 0) is 9.59 Å². The minimum Gasteiger partial charge on any atom is -0.484 e. The van der Waals surface area contributed by atoms with Gasteiger partial charge in [0, 0.05) is 6.08 Å². The van der Waals surface area contributed by atoms with Gasteiger partial charge in [0.2, 0.25) is 0 Å². The highest BCUT2D eigenvalue weighted by Gasteiger charge is 2.04. The van der Waals surface area contributed by atoms with Gasteiger partial charge in [0.25, 0.3) is 11.8 Å². The third-order valence-corrected chi connectivity index (χ3v) is 3.62. The summed E-state index contributed by atoms with van der Waals surface area (Å²) >= 11 is 11.7. The van der Waals surface area contributed by atoms with Gasteiger partial charge >= 0.3 is 0 Å². The number of carbonyl (C=O) groups is 2. The highest BCUT2D eigenvalue weighted by Crippen LogP contribution is 2.23. The largest absolute Gasteiger partial charge is 0.484 e. The van der Waals surface area contributed by atoms with E-state index in [0.717, 1.165) is 0 Å². The van der Waals surface area contributed by atoms with Crippen molar-refractivity contribution in [3.05, 3.63) is 70.0 Å². The molecule has 25 heavy (non-hydrogen) atoms. The van der Waals surface area contributed by atoms with Gasteiger partial charge in [0.1, 0.15) is 11.6 Å². The average molecular weight is 383 g/mol. The first kappa shape index (κ1) is 18.8. The van der Waals surface area contributed by atoms with Gasteiger partial charge in [0.15, 0.2) is 6.61 Å². The Morgan fingerprint density at radius 2 is 1.76 bits per heavy atom. The molecule has 0 unspecified atom stereocenters. The molecule has 0 bridgehead atoms. The van der Waals surface area contributed by atoms with Crippen molar-refractivity contribution < 1.29 is 18.7 Å². The summed E-state index contributed by atoms with van der Waals surface area (Å²) in [6.07, 6.45) is 2.74. The van der Waals surface area contributed by atoms with Crippen molar-refractivity contribution >= 4 is 41.1 Å². The molecule has 0 saturated heterocycles. The fraction of sp³-hybridized carbons (Fsp3) is 0.0588. The second-order valence-corrected chi connectivity index (χ2v) is 5.60. The van der Waals surface area contributed by atoms with Gasteiger partial charge in [0.05, 0.1) is 10.0 Å². The molecule has 2 rings (SSSR count). The van der Waals surface area contributed by atoms with E-state index in [-0.39, 0.29) is 6.61 Å². The molecule has 0 aliphatic heterocycles. The molecule has 5 nitrogen and oxygen atoms in total. The molecule has 0 aliphatic rings. The maximum atomic E-state index is 12.7. The quantitative estimate of drug-likeness (QED) is 0.615. The predicted octanol–water partition coefficient (Wildman–Crippen LogP) is 3.37. The van der Waals surface area contributed by atoms with Crippen LogP contribution in [0.1, 0.15) is 5.56 Å². The van der Waals surface area contributed by atoms with E-state index in [1.807, 2.05) is 0 Å². The molecule has 0 radical (unpaired) electrons. The van der Waals surface area contributed by atoms with Crippen molar-refractivity contribution in [2.24, 2.45) is 0 Å². The van der Waals surface area contributed by atoms with Gasteiger partial charge in [-0.25, -0.2) is 4.39 Å². The lowest BCUT2D eigenvalue weighted by Crippen LogP contribution is -2.43. The molecule has 2 aromatic rings. The molecule has 2 aromatic carbocycles. The Morgan fingerprint density at radius 3 is 2.44 bits per heavy atom. The smallest absolute Gasteiger partial charge is 0.276 e. The summed E-state index contributed by atoms with van der Waals surface area (Å²) in [5.74, 6) is -1.18. The minimum absolute atomic E-state index is 0.331. The van der Waals surface area contributed by atoms with Gasteiger partial charge in [-0.3, -0.25) is 20.4 Å². The highest BCUT2D eigenvalue weighted by molar-refractivity contribution is 6.42. The summed E-state index contributed by atoms with van der Waals surface area (Å²) in [5.41, 5.74) is 5.06. The Bertz CT molecular complexity index is 795. The Balaban J connectivity index is 1.75. The molecule has 2 amide bonds. The van der Waals surface area contributed by atoms with Gasteiger partial charge in [-0.2, -0.15) is 0 Å². The molecule has 0 aromatic heterocycles. The third kappa shape index (κ3) is 6.45. The summed E-state index contributed by atoms with van der Waals surface area (Å²) in [6.45, 7) is -0.331. The molecule has 0 fully saturated rings. The Morgan fingerprint density at radius 1 is 1.04 bits per heavy atom. The van der Waals surface area contributed by atoms with Crippen LogP contribution in [0.25, 0.3) is 6.08 Å². The van der Waals surface area contributed by atoms with E-state index < -0.39 is 17.6 Å². The van der Waals surface area contributed by atoms with Crippen molar-refractivity contribution in [2.75, 3.05) is 6.61 Å². The standard InChI is InChI=1S/C17H13Cl2FN2O3/c18-14-7-1-11(9-15(14)19)2-8-16(23)21-22-17(24)10-25-13-5-3-12(20)4-6-13/h1-9H,10H2,(H,21,23)(H,22,24)/b8-2+. The van der Waals surface area contributed by atoms with Crippen molar-refractivity contribution in [2.45, 2.75) is 0 Å². The second-order valence-electron chi connectivity index (χ2n) is 4.79. The van der Waals surface area contributed by atoms with Crippen LogP contribution in [0.5, 0.6) is 5.75 Å². The number of nitrogens with one attached hydrogen (secondary N) is 2. The molecule has 0 aliphatic carbocycles. The molecular weight excluding hydrogens is 370 g/mol. The molecule has 0 atom stereocenters. The topological polar surface area (TPSA) is 67.4 Å². The first-order valence-corrected chi connectivity index (χ1v) is 7.80. The maximum absolute atomic E-state index is 12.7. The number of benzene rings is 2. The van der Waals surface area contributed by atoms with E-state index in [1.165, 1.54) is 36.4 Å². The molecular formula is C17H13Cl2FN2O3. The number of amides is 2. The van der Waals surface area contributed by atoms with E-state index in [2.05, 4.69) is 10.9 Å². The number of hydrogen-bond donors (Lipinski definition) is 2. The van der Waals surface area contributed by atoms with Gasteiger partial charge < -0.3 is 4.74 Å². The molecule has 0 heterocycles. The van der Waals surface area contributed by atoms with Gasteiger partial charge in [-0.05, 0) is 48.0 Å². The molecule has 2 N–H and O–H groups in total. The monoisotopic (exact) mass is 382 g/mol. The second kappa shape index (κ2) is 9.05. The first-order chi connectivity index (χ1) is 11.9. The van der Waals surface area contributed by atoms with E-state index in [1.54, 1.807) is 18.2 Å². The van der Waals surface area contributed by atoms with Crippen LogP contribution < -0.4 is 15.6 Å². The summed E-state index contributed by atoms with van der Waals surface area (Å²) in [6, 6.07) is 10.1. The van der Waals surface area contributed by atoms with E-state index in [4.69, 9.17) is 27.9 Å². The Kier molecular flexibility index (Phi) is 6.80. The van der Waals surface area contributed by atoms with Crippen LogP contribution in [-0.4, -0.2) is 18.4 Å². The van der Waals surface area contributed by atoms with Crippen LogP contribution >= 0.6 is 23.2 Å². The lowest BCUT2D eigenvalue weighted by Gasteiger charge is -2.07. The van der Waals surface area contributed by atoms with Crippen molar-refractivity contribution in [1.82, 2.24) is 10.9 Å². The highest BCUT2D eigenvalue weighted by atomic mass is 35.5. The fourth-order valence-electron chi connectivity index (χ4n) is 1.68. The zero-order valence-electron chi connectivity index (χ0n) is 12.8. The maximum Gasteiger partial charge on any atom is 0.276 e. The van der Waals surface area contributed by atoms with Crippen LogP contribution in [0.3, 0.4) is 0 Å². The van der Waals surface area contributed by atoms with Crippen molar-refractivity contribution in [3.8, 4) is 5.75 Å². The lowest BCUT2D eigenvalue weighted by atomic mass is 10.2. The van der Waals surface area contributed by atoms with Crippen LogP contribution in [0.4, 0.5) is 4.39 Å². The number of rotatable bonds is 5. The fourth-order valence-corrected chi connectivity index (χ4v) is 1.98. The summed E-state index contributed by atoms with van der Waals surface area (Å²) < 4.78 is 17.9. The summed E-state index contributed by atoms with van der Waals surface area (Å²) in [5, 5.41) is 0.784. The molecule has 0 spiro atoms. The molecule has 8 heteroatoms. The number of carbonyl (C=O) groups excluding carboxylic acids is 2.